The van der Waals surface area contributed by atoms with E-state index < -0.39 is 23.7 Å². The summed E-state index contributed by atoms with van der Waals surface area (Å²) in [6.07, 6.45) is -0.571. The molecule has 1 fully saturated rings. The van der Waals surface area contributed by atoms with Gasteiger partial charge in [-0.15, -0.1) is 0 Å². The first-order valence-electron chi connectivity index (χ1n) is 12.6. The van der Waals surface area contributed by atoms with Crippen LogP contribution in [-0.4, -0.2) is 30.3 Å². The van der Waals surface area contributed by atoms with Gasteiger partial charge in [0, 0.05) is 24.2 Å². The molecule has 1 saturated carbocycles. The Labute approximate surface area is 227 Å². The molecule has 212 valence electrons. The first-order valence-corrected chi connectivity index (χ1v) is 12.6. The van der Waals surface area contributed by atoms with Crippen LogP contribution < -0.4 is 20.6 Å². The molecule has 40 heavy (non-hydrogen) atoms. The molecule has 4 rings (SSSR count). The van der Waals surface area contributed by atoms with E-state index in [2.05, 4.69) is 21.2 Å². The molecule has 3 aromatic rings. The van der Waals surface area contributed by atoms with Crippen molar-refractivity contribution in [1.29, 1.82) is 0 Å². The van der Waals surface area contributed by atoms with E-state index >= 15 is 0 Å². The number of halogens is 3. The maximum Gasteiger partial charge on any atom is 0.416 e. The number of aryl methyl sites for hydroxylation is 1. The molecule has 0 unspecified atom stereocenters. The molecular weight excluding hydrogens is 531 g/mol. The molecule has 10 nitrogen and oxygen atoms in total. The number of urea groups is 1. The van der Waals surface area contributed by atoms with Gasteiger partial charge in [0.25, 0.3) is 6.20 Å². The summed E-state index contributed by atoms with van der Waals surface area (Å²) in [5.41, 5.74) is 0.244. The standard InChI is InChI=1S/C27H28F3N5O5/c1-16-6-3-4-7-17(16)11-23(36)31-20-12-19(27(28,29)30)13-21(14-20)32-26(38)33-24-15-35(34-40-24)22-9-5-8-18(10-22)25(37)39-2/h3-4,6-7,12-15,18,22H,5,8-11H2,1-2H3,(H2-,31,32,33,34,36,38)/p+1/t18-,22-/m1/s1. The fourth-order valence-corrected chi connectivity index (χ4v) is 4.67. The summed E-state index contributed by atoms with van der Waals surface area (Å²) in [6.45, 7) is 1.83. The van der Waals surface area contributed by atoms with Gasteiger partial charge >= 0.3 is 24.1 Å². The van der Waals surface area contributed by atoms with Crippen LogP contribution in [0.2, 0.25) is 0 Å². The zero-order valence-electron chi connectivity index (χ0n) is 21.9. The highest BCUT2D eigenvalue weighted by Crippen LogP contribution is 2.34. The van der Waals surface area contributed by atoms with E-state index in [-0.39, 0.29) is 41.6 Å². The molecule has 13 heteroatoms. The lowest BCUT2D eigenvalue weighted by Crippen LogP contribution is -2.44. The highest BCUT2D eigenvalue weighted by atomic mass is 19.4. The van der Waals surface area contributed by atoms with Crippen LogP contribution in [0, 0.1) is 12.8 Å². The number of hydrogen-bond acceptors (Lipinski definition) is 6. The first kappa shape index (κ1) is 28.6. The molecule has 0 aliphatic heterocycles. The van der Waals surface area contributed by atoms with Gasteiger partial charge in [-0.25, -0.2) is 4.79 Å². The van der Waals surface area contributed by atoms with E-state index in [0.29, 0.717) is 12.8 Å². The van der Waals surface area contributed by atoms with Crippen molar-refractivity contribution in [2.24, 2.45) is 5.92 Å². The number of amides is 3. The zero-order chi connectivity index (χ0) is 28.9. The Morgan fingerprint density at radius 3 is 2.50 bits per heavy atom. The van der Waals surface area contributed by atoms with Crippen molar-refractivity contribution in [2.45, 2.75) is 51.2 Å². The number of alkyl halides is 3. The van der Waals surface area contributed by atoms with E-state index in [1.807, 2.05) is 19.1 Å². The number of rotatable bonds is 7. The normalized spacial score (nSPS) is 17.1. The second-order valence-electron chi connectivity index (χ2n) is 9.61. The number of carbonyl (C=O) groups excluding carboxylic acids is 3. The Morgan fingerprint density at radius 2 is 1.80 bits per heavy atom. The van der Waals surface area contributed by atoms with Crippen LogP contribution in [0.5, 0.6) is 0 Å². The molecule has 2 atom stereocenters. The second kappa shape index (κ2) is 12.2. The number of methoxy groups -OCH3 is 1. The SMILES string of the molecule is COC(=O)[C@@H]1CCC[C@@H]([n+]2cc(NC(=O)Nc3cc(NC(=O)Cc4ccccc4C)cc(C(F)(F)F)c3)on2)C1. The smallest absolute Gasteiger partial charge is 0.416 e. The van der Waals surface area contributed by atoms with Gasteiger partial charge in [0.15, 0.2) is 6.04 Å². The quantitative estimate of drug-likeness (QED) is 0.275. The molecule has 0 saturated heterocycles. The Balaban J connectivity index is 1.42. The topological polar surface area (TPSA) is 126 Å². The highest BCUT2D eigenvalue weighted by molar-refractivity contribution is 6.00. The van der Waals surface area contributed by atoms with E-state index in [1.165, 1.54) is 24.1 Å². The summed E-state index contributed by atoms with van der Waals surface area (Å²) in [6, 6.07) is 8.93. The maximum absolute atomic E-state index is 13.6. The van der Waals surface area contributed by atoms with Gasteiger partial charge in [-0.2, -0.15) is 13.2 Å². The maximum atomic E-state index is 13.6. The van der Waals surface area contributed by atoms with E-state index in [9.17, 15) is 27.6 Å². The molecule has 0 spiro atoms. The summed E-state index contributed by atoms with van der Waals surface area (Å²) < 4.78 is 52.1. The molecule has 0 bridgehead atoms. The Bertz CT molecular complexity index is 1390. The molecule has 1 heterocycles. The van der Waals surface area contributed by atoms with Crippen LogP contribution in [0.1, 0.15) is 48.4 Å². The number of benzene rings is 2. The largest absolute Gasteiger partial charge is 0.469 e. The number of esters is 1. The van der Waals surface area contributed by atoms with E-state index in [0.717, 1.165) is 36.1 Å². The number of carbonyl (C=O) groups is 3. The van der Waals surface area contributed by atoms with Gasteiger partial charge in [0.05, 0.1) is 25.0 Å². The van der Waals surface area contributed by atoms with Crippen molar-refractivity contribution >= 4 is 35.2 Å². The third-order valence-electron chi connectivity index (χ3n) is 6.69. The number of ether oxygens (including phenoxy) is 1. The fraction of sp³-hybridized carbons (Fsp3) is 0.370. The van der Waals surface area contributed by atoms with Crippen LogP contribution in [0.15, 0.2) is 53.2 Å². The third kappa shape index (κ3) is 7.36. The predicted octanol–water partition coefficient (Wildman–Crippen LogP) is 5.02. The van der Waals surface area contributed by atoms with Gasteiger partial charge < -0.3 is 15.4 Å². The monoisotopic (exact) mass is 560 g/mol. The predicted molar refractivity (Wildman–Crippen MR) is 137 cm³/mol. The van der Waals surface area contributed by atoms with Crippen LogP contribution in [0.3, 0.4) is 0 Å². The number of nitrogens with one attached hydrogen (secondary N) is 3. The van der Waals surface area contributed by atoms with Crippen molar-refractivity contribution in [3.8, 4) is 0 Å². The third-order valence-corrected chi connectivity index (χ3v) is 6.69. The second-order valence-corrected chi connectivity index (χ2v) is 9.61. The molecule has 1 aliphatic rings. The first-order chi connectivity index (χ1) is 19.0. The number of nitrogens with zero attached hydrogens (tertiary/aromatic N) is 2. The minimum Gasteiger partial charge on any atom is -0.469 e. The Hall–Kier alpha value is -4.42. The summed E-state index contributed by atoms with van der Waals surface area (Å²) in [4.78, 5) is 37.0. The average Bonchev–Trinajstić information content (AvgIpc) is 3.37. The molecular formula is C27H29F3N5O5+. The lowest BCUT2D eigenvalue weighted by atomic mass is 9.86. The summed E-state index contributed by atoms with van der Waals surface area (Å²) in [7, 11) is 1.34. The molecule has 1 aliphatic carbocycles. The highest BCUT2D eigenvalue weighted by Gasteiger charge is 2.35. The van der Waals surface area contributed by atoms with Crippen LogP contribution in [0.25, 0.3) is 0 Å². The zero-order valence-corrected chi connectivity index (χ0v) is 21.9. The van der Waals surface area contributed by atoms with E-state index in [1.54, 1.807) is 12.1 Å². The van der Waals surface area contributed by atoms with Gasteiger partial charge in [0.1, 0.15) is 0 Å². The lowest BCUT2D eigenvalue weighted by Gasteiger charge is -2.21. The molecule has 1 aromatic heterocycles. The van der Waals surface area contributed by atoms with Gasteiger partial charge in [-0.05, 0) is 53.8 Å². The molecule has 3 amide bonds. The molecule has 3 N–H and O–H groups in total. The minimum absolute atomic E-state index is 0.0287. The summed E-state index contributed by atoms with van der Waals surface area (Å²) >= 11 is 0. The van der Waals surface area contributed by atoms with Crippen LogP contribution in [-0.2, 0) is 26.9 Å². The average molecular weight is 561 g/mol. The van der Waals surface area contributed by atoms with Crippen LogP contribution in [0.4, 0.5) is 35.2 Å². The van der Waals surface area contributed by atoms with Crippen LogP contribution >= 0.6 is 0 Å². The number of hydrogen-bond donors (Lipinski definition) is 3. The van der Waals surface area contributed by atoms with Crippen molar-refractivity contribution in [3.05, 3.63) is 65.4 Å². The number of aromatic nitrogens is 2. The fourth-order valence-electron chi connectivity index (χ4n) is 4.67. The van der Waals surface area contributed by atoms with Gasteiger partial charge in [0.2, 0.25) is 11.2 Å². The molecule has 2 aromatic carbocycles. The van der Waals surface area contributed by atoms with E-state index in [4.69, 9.17) is 9.26 Å². The minimum atomic E-state index is -4.72. The number of anilines is 3. The Morgan fingerprint density at radius 1 is 1.07 bits per heavy atom. The van der Waals surface area contributed by atoms with Gasteiger partial charge in [-0.1, -0.05) is 24.3 Å². The summed E-state index contributed by atoms with van der Waals surface area (Å²) in [5.74, 6) is -1.11. The Kier molecular flexibility index (Phi) is 8.70. The molecule has 0 radical (unpaired) electrons. The lowest BCUT2D eigenvalue weighted by molar-refractivity contribution is -0.787. The summed E-state index contributed by atoms with van der Waals surface area (Å²) in [5, 5.41) is 11.1. The van der Waals surface area contributed by atoms with Crippen molar-refractivity contribution in [2.75, 3.05) is 23.1 Å². The van der Waals surface area contributed by atoms with Crippen molar-refractivity contribution in [1.82, 2.24) is 5.27 Å². The van der Waals surface area contributed by atoms with Gasteiger partial charge in [-0.3, -0.25) is 19.4 Å². The van der Waals surface area contributed by atoms with Crippen molar-refractivity contribution in [3.63, 3.8) is 0 Å². The van der Waals surface area contributed by atoms with Crippen molar-refractivity contribution < 1.29 is 41.5 Å².